The summed E-state index contributed by atoms with van der Waals surface area (Å²) >= 11 is 0. The Hall–Kier alpha value is -0.830. The summed E-state index contributed by atoms with van der Waals surface area (Å²) in [5.74, 6) is 0. The van der Waals surface area contributed by atoms with Gasteiger partial charge in [0.1, 0.15) is 0 Å². The zero-order valence-electron chi connectivity index (χ0n) is 12.3. The minimum absolute atomic E-state index is 0.617. The van der Waals surface area contributed by atoms with Gasteiger partial charge in [-0.25, -0.2) is 0 Å². The Morgan fingerprint density at radius 1 is 1.22 bits per heavy atom. The van der Waals surface area contributed by atoms with E-state index in [4.69, 9.17) is 0 Å². The van der Waals surface area contributed by atoms with Gasteiger partial charge in [0.15, 0.2) is 0 Å². The fourth-order valence-electron chi connectivity index (χ4n) is 2.30. The molecule has 1 aromatic rings. The fourth-order valence-corrected chi connectivity index (χ4v) is 2.30. The maximum atomic E-state index is 4.25. The van der Waals surface area contributed by atoms with E-state index in [2.05, 4.69) is 30.5 Å². The van der Waals surface area contributed by atoms with E-state index in [9.17, 15) is 0 Å². The van der Waals surface area contributed by atoms with Crippen molar-refractivity contribution >= 4 is 0 Å². The number of aryl methyl sites for hydroxylation is 1. The van der Waals surface area contributed by atoms with Crippen LogP contribution >= 0.6 is 0 Å². The highest BCUT2D eigenvalue weighted by Crippen LogP contribution is 2.10. The van der Waals surface area contributed by atoms with Crippen molar-refractivity contribution in [2.24, 2.45) is 7.05 Å². The Bertz CT molecular complexity index is 306. The Morgan fingerprint density at radius 2 is 2.06 bits per heavy atom. The van der Waals surface area contributed by atoms with Crippen molar-refractivity contribution in [2.75, 3.05) is 6.54 Å². The van der Waals surface area contributed by atoms with Crippen LogP contribution in [0.3, 0.4) is 0 Å². The zero-order chi connectivity index (χ0) is 13.2. The van der Waals surface area contributed by atoms with Gasteiger partial charge in [0.05, 0.1) is 6.20 Å². The number of rotatable bonds is 10. The molecule has 18 heavy (non-hydrogen) atoms. The molecule has 0 spiro atoms. The third kappa shape index (κ3) is 6.20. The average Bonchev–Trinajstić information content (AvgIpc) is 2.77. The molecule has 1 N–H and O–H groups in total. The van der Waals surface area contributed by atoms with E-state index in [1.54, 1.807) is 0 Å². The van der Waals surface area contributed by atoms with Gasteiger partial charge in [-0.05, 0) is 31.4 Å². The minimum Gasteiger partial charge on any atom is -0.314 e. The van der Waals surface area contributed by atoms with Crippen LogP contribution < -0.4 is 5.32 Å². The van der Waals surface area contributed by atoms with E-state index in [1.807, 2.05) is 17.9 Å². The highest BCUT2D eigenvalue weighted by atomic mass is 15.2. The van der Waals surface area contributed by atoms with E-state index >= 15 is 0 Å². The normalized spacial score (nSPS) is 12.8. The molecule has 1 atom stereocenters. The van der Waals surface area contributed by atoms with Crippen molar-refractivity contribution in [3.63, 3.8) is 0 Å². The molecule has 1 unspecified atom stereocenters. The number of hydrogen-bond donors (Lipinski definition) is 1. The molecule has 1 rings (SSSR count). The van der Waals surface area contributed by atoms with Gasteiger partial charge in [-0.1, -0.05) is 39.5 Å². The highest BCUT2D eigenvalue weighted by Gasteiger charge is 2.09. The van der Waals surface area contributed by atoms with Crippen molar-refractivity contribution in [1.29, 1.82) is 0 Å². The fraction of sp³-hybridized carbons (Fsp3) is 0.800. The van der Waals surface area contributed by atoms with Gasteiger partial charge in [-0.15, -0.1) is 0 Å². The molecule has 3 nitrogen and oxygen atoms in total. The van der Waals surface area contributed by atoms with Crippen molar-refractivity contribution in [3.05, 3.63) is 18.0 Å². The Labute approximate surface area is 112 Å². The van der Waals surface area contributed by atoms with Gasteiger partial charge in [-0.2, -0.15) is 5.10 Å². The van der Waals surface area contributed by atoms with Gasteiger partial charge in [0.2, 0.25) is 0 Å². The van der Waals surface area contributed by atoms with E-state index < -0.39 is 0 Å². The number of nitrogens with zero attached hydrogens (tertiary/aromatic N) is 2. The lowest BCUT2D eigenvalue weighted by Crippen LogP contribution is -2.31. The summed E-state index contributed by atoms with van der Waals surface area (Å²) in [7, 11) is 1.99. The van der Waals surface area contributed by atoms with Crippen molar-refractivity contribution in [3.8, 4) is 0 Å². The number of hydrogen-bond acceptors (Lipinski definition) is 2. The van der Waals surface area contributed by atoms with Crippen LogP contribution in [0.4, 0.5) is 0 Å². The first-order valence-corrected chi connectivity index (χ1v) is 7.47. The number of nitrogens with one attached hydrogen (secondary N) is 1. The van der Waals surface area contributed by atoms with E-state index in [0.29, 0.717) is 6.04 Å². The van der Waals surface area contributed by atoms with Gasteiger partial charge in [0.25, 0.3) is 0 Å². The molecule has 1 heterocycles. The van der Waals surface area contributed by atoms with Gasteiger partial charge < -0.3 is 5.32 Å². The summed E-state index contributed by atoms with van der Waals surface area (Å²) in [6, 6.07) is 0.617. The Kier molecular flexibility index (Phi) is 7.74. The zero-order valence-corrected chi connectivity index (χ0v) is 12.3. The van der Waals surface area contributed by atoms with Gasteiger partial charge in [0, 0.05) is 19.3 Å². The van der Waals surface area contributed by atoms with E-state index in [-0.39, 0.29) is 0 Å². The monoisotopic (exact) mass is 251 g/mol. The molecule has 0 saturated heterocycles. The standard InChI is InChI=1S/C15H29N3/c1-4-6-7-8-9-15(16-10-5-2)11-14-12-17-18(3)13-14/h12-13,15-16H,4-11H2,1-3H3. The second-order valence-corrected chi connectivity index (χ2v) is 5.23. The molecule has 0 bridgehead atoms. The lowest BCUT2D eigenvalue weighted by molar-refractivity contribution is 0.453. The topological polar surface area (TPSA) is 29.9 Å². The third-order valence-corrected chi connectivity index (χ3v) is 3.33. The molecule has 3 heteroatoms. The van der Waals surface area contributed by atoms with Crippen LogP contribution in [0.2, 0.25) is 0 Å². The minimum atomic E-state index is 0.617. The maximum absolute atomic E-state index is 4.25. The van der Waals surface area contributed by atoms with Crippen molar-refractivity contribution in [1.82, 2.24) is 15.1 Å². The predicted molar refractivity (Wildman–Crippen MR) is 77.8 cm³/mol. The van der Waals surface area contributed by atoms with Crippen molar-refractivity contribution < 1.29 is 0 Å². The third-order valence-electron chi connectivity index (χ3n) is 3.33. The van der Waals surface area contributed by atoms with Crippen LogP contribution in [0, 0.1) is 0 Å². The van der Waals surface area contributed by atoms with Crippen LogP contribution in [-0.2, 0) is 13.5 Å². The first kappa shape index (κ1) is 15.2. The largest absolute Gasteiger partial charge is 0.314 e. The van der Waals surface area contributed by atoms with Crippen LogP contribution in [0.1, 0.15) is 57.9 Å². The SMILES string of the molecule is CCCCCCC(Cc1cnn(C)c1)NCCC. The summed E-state index contributed by atoms with van der Waals surface area (Å²) < 4.78 is 1.89. The molecule has 0 saturated carbocycles. The lowest BCUT2D eigenvalue weighted by Gasteiger charge is -2.17. The summed E-state index contributed by atoms with van der Waals surface area (Å²) in [5.41, 5.74) is 1.35. The molecule has 0 aliphatic carbocycles. The first-order valence-electron chi connectivity index (χ1n) is 7.47. The predicted octanol–water partition coefficient (Wildman–Crippen LogP) is 3.30. The molecule has 0 aromatic carbocycles. The van der Waals surface area contributed by atoms with Gasteiger partial charge in [-0.3, -0.25) is 4.68 Å². The molecular formula is C15H29N3. The van der Waals surface area contributed by atoms with Crippen LogP contribution in [0.15, 0.2) is 12.4 Å². The second kappa shape index (κ2) is 9.15. The molecule has 0 amide bonds. The molecule has 0 aliphatic rings. The maximum Gasteiger partial charge on any atom is 0.0522 e. The average molecular weight is 251 g/mol. The molecule has 104 valence electrons. The molecular weight excluding hydrogens is 222 g/mol. The quantitative estimate of drug-likeness (QED) is 0.647. The molecule has 1 aromatic heterocycles. The Morgan fingerprint density at radius 3 is 2.67 bits per heavy atom. The smallest absolute Gasteiger partial charge is 0.0522 e. The summed E-state index contributed by atoms with van der Waals surface area (Å²) in [6.45, 7) is 5.62. The Balaban J connectivity index is 2.34. The van der Waals surface area contributed by atoms with Crippen molar-refractivity contribution in [2.45, 2.75) is 64.8 Å². The van der Waals surface area contributed by atoms with Crippen LogP contribution in [-0.4, -0.2) is 22.4 Å². The summed E-state index contributed by atoms with van der Waals surface area (Å²) in [4.78, 5) is 0. The molecule has 0 radical (unpaired) electrons. The van der Waals surface area contributed by atoms with Crippen LogP contribution in [0.25, 0.3) is 0 Å². The van der Waals surface area contributed by atoms with Gasteiger partial charge >= 0.3 is 0 Å². The highest BCUT2D eigenvalue weighted by molar-refractivity contribution is 5.05. The molecule has 0 fully saturated rings. The summed E-state index contributed by atoms with van der Waals surface area (Å²) in [5, 5.41) is 7.92. The number of aromatic nitrogens is 2. The summed E-state index contributed by atoms with van der Waals surface area (Å²) in [6.07, 6.45) is 13.1. The van der Waals surface area contributed by atoms with E-state index in [1.165, 1.54) is 44.1 Å². The first-order chi connectivity index (χ1) is 8.76. The van der Waals surface area contributed by atoms with E-state index in [0.717, 1.165) is 13.0 Å². The lowest BCUT2D eigenvalue weighted by atomic mass is 10.0. The van der Waals surface area contributed by atoms with Crippen LogP contribution in [0.5, 0.6) is 0 Å². The second-order valence-electron chi connectivity index (χ2n) is 5.23. The molecule has 0 aliphatic heterocycles. The number of unbranched alkanes of at least 4 members (excludes halogenated alkanes) is 3.